The Hall–Kier alpha value is -0.980. The molecule has 88 valence electrons. The van der Waals surface area contributed by atoms with Gasteiger partial charge in [0.25, 0.3) is 0 Å². The van der Waals surface area contributed by atoms with Crippen molar-refractivity contribution in [3.05, 3.63) is 11.6 Å². The first-order valence-electron chi connectivity index (χ1n) is 5.54. The van der Waals surface area contributed by atoms with Gasteiger partial charge in [0.15, 0.2) is 5.82 Å². The fraction of sp³-hybridized carbons (Fsp3) is 0.800. The van der Waals surface area contributed by atoms with Crippen LogP contribution in [0.4, 0.5) is 0 Å². The van der Waals surface area contributed by atoms with Crippen LogP contribution in [0.1, 0.15) is 17.7 Å². The molecule has 1 aromatic rings. The van der Waals surface area contributed by atoms with Crippen LogP contribution in [0.15, 0.2) is 0 Å². The van der Waals surface area contributed by atoms with Crippen LogP contribution in [-0.2, 0) is 16.5 Å². The van der Waals surface area contributed by atoms with Gasteiger partial charge in [0, 0.05) is 13.6 Å². The van der Waals surface area contributed by atoms with Gasteiger partial charge in [-0.05, 0) is 6.92 Å². The number of nitrogens with one attached hydrogen (secondary N) is 1. The van der Waals surface area contributed by atoms with Gasteiger partial charge in [0.1, 0.15) is 17.5 Å². The molecule has 1 N–H and O–H groups in total. The summed E-state index contributed by atoms with van der Waals surface area (Å²) in [5.41, 5.74) is -0.231. The van der Waals surface area contributed by atoms with Crippen molar-refractivity contribution >= 4 is 0 Å². The number of rotatable bonds is 1. The van der Waals surface area contributed by atoms with E-state index in [2.05, 4.69) is 15.5 Å². The first-order chi connectivity index (χ1) is 7.73. The Kier molecular flexibility index (Phi) is 2.24. The smallest absolute Gasteiger partial charge is 0.153 e. The summed E-state index contributed by atoms with van der Waals surface area (Å²) >= 11 is 0. The number of hydrogen-bond donors (Lipinski definition) is 1. The van der Waals surface area contributed by atoms with Crippen molar-refractivity contribution in [2.75, 3.05) is 26.4 Å². The summed E-state index contributed by atoms with van der Waals surface area (Å²) < 4.78 is 13.2. The molecule has 6 nitrogen and oxygen atoms in total. The van der Waals surface area contributed by atoms with Crippen LogP contribution in [0.25, 0.3) is 0 Å². The zero-order valence-corrected chi connectivity index (χ0v) is 9.56. The zero-order chi connectivity index (χ0) is 11.2. The van der Waals surface area contributed by atoms with Crippen molar-refractivity contribution in [1.82, 2.24) is 20.1 Å². The number of ether oxygens (including phenoxy) is 2. The van der Waals surface area contributed by atoms with Gasteiger partial charge in [-0.1, -0.05) is 0 Å². The Labute approximate surface area is 93.9 Å². The molecule has 2 aliphatic rings. The molecule has 3 heterocycles. The molecule has 2 saturated heterocycles. The second kappa shape index (κ2) is 3.51. The largest absolute Gasteiger partial charge is 0.375 e. The van der Waals surface area contributed by atoms with Crippen LogP contribution in [0.5, 0.6) is 0 Å². The molecule has 2 aliphatic heterocycles. The van der Waals surface area contributed by atoms with Crippen molar-refractivity contribution in [3.63, 3.8) is 0 Å². The second-order valence-corrected chi connectivity index (χ2v) is 4.46. The van der Waals surface area contributed by atoms with E-state index in [0.717, 1.165) is 24.8 Å². The van der Waals surface area contributed by atoms with Gasteiger partial charge >= 0.3 is 0 Å². The predicted molar refractivity (Wildman–Crippen MR) is 56.0 cm³/mol. The molecule has 3 rings (SSSR count). The number of aromatic nitrogens is 3. The SMILES string of the molecule is Cc1nnc(C2NCCOC23COC3)n1C. The van der Waals surface area contributed by atoms with Crippen LogP contribution in [0.3, 0.4) is 0 Å². The lowest BCUT2D eigenvalue weighted by Gasteiger charge is -2.48. The van der Waals surface area contributed by atoms with Crippen molar-refractivity contribution < 1.29 is 9.47 Å². The van der Waals surface area contributed by atoms with Gasteiger partial charge in [0.05, 0.1) is 19.8 Å². The molecule has 16 heavy (non-hydrogen) atoms. The fourth-order valence-electron chi connectivity index (χ4n) is 2.28. The Balaban J connectivity index is 1.95. The molecular weight excluding hydrogens is 208 g/mol. The van der Waals surface area contributed by atoms with E-state index >= 15 is 0 Å². The van der Waals surface area contributed by atoms with Crippen molar-refractivity contribution in [2.24, 2.45) is 7.05 Å². The first kappa shape index (κ1) is 10.2. The average molecular weight is 224 g/mol. The van der Waals surface area contributed by atoms with E-state index in [9.17, 15) is 0 Å². The zero-order valence-electron chi connectivity index (χ0n) is 9.56. The highest BCUT2D eigenvalue weighted by Gasteiger charge is 2.51. The molecule has 0 aliphatic carbocycles. The third-order valence-electron chi connectivity index (χ3n) is 3.44. The minimum atomic E-state index is -0.231. The molecule has 1 aromatic heterocycles. The monoisotopic (exact) mass is 224 g/mol. The summed E-state index contributed by atoms with van der Waals surface area (Å²) in [6.45, 7) is 4.80. The van der Waals surface area contributed by atoms with Gasteiger partial charge in [-0.25, -0.2) is 0 Å². The van der Waals surface area contributed by atoms with E-state index < -0.39 is 0 Å². The number of aryl methyl sites for hydroxylation is 1. The molecule has 0 bridgehead atoms. The summed E-state index contributed by atoms with van der Waals surface area (Å²) in [5.74, 6) is 1.85. The highest BCUT2D eigenvalue weighted by molar-refractivity contribution is 5.12. The quantitative estimate of drug-likeness (QED) is 0.700. The van der Waals surface area contributed by atoms with E-state index in [-0.39, 0.29) is 11.6 Å². The molecular formula is C10H16N4O2. The minimum Gasteiger partial charge on any atom is -0.375 e. The number of nitrogens with zero attached hydrogens (tertiary/aromatic N) is 3. The molecule has 1 atom stereocenters. The Bertz CT molecular complexity index is 400. The van der Waals surface area contributed by atoms with E-state index in [1.807, 2.05) is 18.5 Å². The first-order valence-corrected chi connectivity index (χ1v) is 5.54. The van der Waals surface area contributed by atoms with E-state index in [4.69, 9.17) is 9.47 Å². The van der Waals surface area contributed by atoms with Crippen molar-refractivity contribution in [1.29, 1.82) is 0 Å². The van der Waals surface area contributed by atoms with Gasteiger partial charge in [-0.3, -0.25) is 0 Å². The number of morpholine rings is 1. The third-order valence-corrected chi connectivity index (χ3v) is 3.44. The Morgan fingerprint density at radius 2 is 2.25 bits per heavy atom. The number of hydrogen-bond acceptors (Lipinski definition) is 5. The Morgan fingerprint density at radius 3 is 2.81 bits per heavy atom. The standard InChI is InChI=1S/C10H16N4O2/c1-7-12-13-9(14(7)2)8-10(5-15-6-10)16-4-3-11-8/h8,11H,3-6H2,1-2H3. The molecule has 1 spiro atoms. The molecule has 6 heteroatoms. The maximum absolute atomic E-state index is 5.86. The molecule has 0 radical (unpaired) electrons. The Morgan fingerprint density at radius 1 is 1.44 bits per heavy atom. The summed E-state index contributed by atoms with van der Waals surface area (Å²) in [4.78, 5) is 0. The minimum absolute atomic E-state index is 0.0844. The van der Waals surface area contributed by atoms with Crippen LogP contribution in [0.2, 0.25) is 0 Å². The highest BCUT2D eigenvalue weighted by atomic mass is 16.6. The van der Waals surface area contributed by atoms with Crippen molar-refractivity contribution in [2.45, 2.75) is 18.6 Å². The average Bonchev–Trinajstić information content (AvgIpc) is 2.58. The van der Waals surface area contributed by atoms with E-state index in [1.54, 1.807) is 0 Å². The summed E-state index contributed by atoms with van der Waals surface area (Å²) in [6, 6.07) is 0.0844. The summed E-state index contributed by atoms with van der Waals surface area (Å²) in [5, 5.41) is 11.8. The molecule has 0 amide bonds. The topological polar surface area (TPSA) is 61.2 Å². The van der Waals surface area contributed by atoms with Crippen LogP contribution < -0.4 is 5.32 Å². The van der Waals surface area contributed by atoms with Crippen molar-refractivity contribution in [3.8, 4) is 0 Å². The lowest BCUT2D eigenvalue weighted by atomic mass is 9.89. The highest BCUT2D eigenvalue weighted by Crippen LogP contribution is 2.36. The predicted octanol–water partition coefficient (Wildman–Crippen LogP) is -0.447. The van der Waals surface area contributed by atoms with Gasteiger partial charge in [-0.2, -0.15) is 0 Å². The van der Waals surface area contributed by atoms with Gasteiger partial charge < -0.3 is 19.4 Å². The molecule has 0 saturated carbocycles. The van der Waals surface area contributed by atoms with Crippen LogP contribution >= 0.6 is 0 Å². The van der Waals surface area contributed by atoms with Crippen LogP contribution in [-0.4, -0.2) is 46.7 Å². The van der Waals surface area contributed by atoms with Crippen LogP contribution in [0, 0.1) is 6.92 Å². The normalized spacial score (nSPS) is 28.0. The van der Waals surface area contributed by atoms with E-state index in [0.29, 0.717) is 13.2 Å². The maximum atomic E-state index is 5.86. The fourth-order valence-corrected chi connectivity index (χ4v) is 2.28. The maximum Gasteiger partial charge on any atom is 0.153 e. The molecule has 0 aromatic carbocycles. The second-order valence-electron chi connectivity index (χ2n) is 4.46. The van der Waals surface area contributed by atoms with E-state index in [1.165, 1.54) is 0 Å². The molecule has 2 fully saturated rings. The lowest BCUT2D eigenvalue weighted by molar-refractivity contribution is -0.240. The summed E-state index contributed by atoms with van der Waals surface area (Å²) in [6.07, 6.45) is 0. The molecule has 1 unspecified atom stereocenters. The van der Waals surface area contributed by atoms with Gasteiger partial charge in [-0.15, -0.1) is 10.2 Å². The lowest BCUT2D eigenvalue weighted by Crippen LogP contribution is -2.63. The van der Waals surface area contributed by atoms with Gasteiger partial charge in [0.2, 0.25) is 0 Å². The third kappa shape index (κ3) is 1.30. The summed E-state index contributed by atoms with van der Waals surface area (Å²) in [7, 11) is 1.98.